The molecule has 12 heteroatoms. The van der Waals surface area contributed by atoms with E-state index in [2.05, 4.69) is 21.3 Å². The number of benzene rings is 6. The van der Waals surface area contributed by atoms with Crippen LogP contribution in [0.25, 0.3) is 21.5 Å². The predicted molar refractivity (Wildman–Crippen MR) is 218 cm³/mol. The van der Waals surface area contributed by atoms with Gasteiger partial charge in [-0.1, -0.05) is 54.6 Å². The molecule has 278 valence electrons. The molecule has 0 fully saturated rings. The molecule has 0 aliphatic rings. The maximum atomic E-state index is 11.8. The molecule has 6 N–H and O–H groups in total. The van der Waals surface area contributed by atoms with Gasteiger partial charge in [0.15, 0.2) is 0 Å². The standard InChI is InChI=1S/C21H21N3O4.C21H23N3O2/c1-21(2,3)28-20(25)23-16-11-9-15(10-12-16)22-18-13-8-14-6-4-5-7-17(14)19(18)24(26)27;1-21(2,3)26-20(25)24-16-11-9-15(10-12-16)23-18-13-8-14-6-4-5-7-17(14)19(18)22/h4-13,22H,1-3H3,(H,23,25);4-13,23H,22H2,1-3H3,(H,24,25). The number of nitrogens with one attached hydrogen (secondary N) is 4. The van der Waals surface area contributed by atoms with Gasteiger partial charge in [0.05, 0.1) is 21.7 Å². The Morgan fingerprint density at radius 2 is 0.944 bits per heavy atom. The van der Waals surface area contributed by atoms with Gasteiger partial charge in [-0.05, 0) is 119 Å². The van der Waals surface area contributed by atoms with Gasteiger partial charge in [-0.3, -0.25) is 20.7 Å². The number of hydrogen-bond donors (Lipinski definition) is 5. The topological polar surface area (TPSA) is 170 Å². The number of nitrogen functional groups attached to an aromatic ring is 1. The van der Waals surface area contributed by atoms with E-state index in [0.717, 1.165) is 27.5 Å². The molecule has 0 bridgehead atoms. The molecule has 0 aliphatic heterocycles. The molecule has 6 aromatic carbocycles. The van der Waals surface area contributed by atoms with E-state index in [4.69, 9.17) is 15.2 Å². The van der Waals surface area contributed by atoms with Crippen molar-refractivity contribution in [3.8, 4) is 0 Å². The summed E-state index contributed by atoms with van der Waals surface area (Å²) in [6.07, 6.45) is -1.02. The quantitative estimate of drug-likeness (QED) is 0.0609. The van der Waals surface area contributed by atoms with E-state index in [1.165, 1.54) is 0 Å². The molecule has 2 amide bonds. The summed E-state index contributed by atoms with van der Waals surface area (Å²) < 4.78 is 10.5. The van der Waals surface area contributed by atoms with E-state index in [1.807, 2.05) is 99.6 Å². The fourth-order valence-electron chi connectivity index (χ4n) is 5.39. The summed E-state index contributed by atoms with van der Waals surface area (Å²) in [4.78, 5) is 34.9. The lowest BCUT2D eigenvalue weighted by Gasteiger charge is -2.19. The Bertz CT molecular complexity index is 2280. The number of amides is 2. The maximum absolute atomic E-state index is 11.8. The lowest BCUT2D eigenvalue weighted by Crippen LogP contribution is -2.27. The number of nitro groups is 1. The Balaban J connectivity index is 0.000000208. The van der Waals surface area contributed by atoms with Crippen molar-refractivity contribution in [3.63, 3.8) is 0 Å². The maximum Gasteiger partial charge on any atom is 0.412 e. The van der Waals surface area contributed by atoms with Crippen LogP contribution in [0.4, 0.5) is 55.1 Å². The van der Waals surface area contributed by atoms with Gasteiger partial charge in [0.1, 0.15) is 16.9 Å². The molecule has 6 rings (SSSR count). The Labute approximate surface area is 313 Å². The molecule has 6 aromatic rings. The van der Waals surface area contributed by atoms with Crippen molar-refractivity contribution < 1.29 is 24.0 Å². The summed E-state index contributed by atoms with van der Waals surface area (Å²) in [6, 6.07) is 36.9. The number of rotatable bonds is 7. The fourth-order valence-corrected chi connectivity index (χ4v) is 5.39. The Hall–Kier alpha value is -6.82. The normalized spacial score (nSPS) is 11.1. The van der Waals surface area contributed by atoms with Crippen LogP contribution in [0.2, 0.25) is 0 Å². The fraction of sp³-hybridized carbons (Fsp3) is 0.190. The van der Waals surface area contributed by atoms with Crippen LogP contribution in [0, 0.1) is 10.1 Å². The van der Waals surface area contributed by atoms with Crippen molar-refractivity contribution in [1.82, 2.24) is 0 Å². The first-order valence-electron chi connectivity index (χ1n) is 17.2. The molecule has 0 aliphatic carbocycles. The summed E-state index contributed by atoms with van der Waals surface area (Å²) in [6.45, 7) is 10.8. The van der Waals surface area contributed by atoms with Crippen molar-refractivity contribution in [1.29, 1.82) is 0 Å². The Morgan fingerprint density at radius 1 is 0.556 bits per heavy atom. The predicted octanol–water partition coefficient (Wildman–Crippen LogP) is 11.4. The van der Waals surface area contributed by atoms with Gasteiger partial charge < -0.3 is 25.8 Å². The molecular formula is C42H44N6O6. The number of hydrogen-bond acceptors (Lipinski definition) is 9. The lowest BCUT2D eigenvalue weighted by molar-refractivity contribution is -0.382. The summed E-state index contributed by atoms with van der Waals surface area (Å²) in [7, 11) is 0. The first-order valence-corrected chi connectivity index (χ1v) is 17.2. The van der Waals surface area contributed by atoms with Crippen LogP contribution in [0.1, 0.15) is 41.5 Å². The van der Waals surface area contributed by atoms with Crippen LogP contribution in [0.15, 0.2) is 121 Å². The van der Waals surface area contributed by atoms with E-state index >= 15 is 0 Å². The Kier molecular flexibility index (Phi) is 11.6. The minimum absolute atomic E-state index is 0.0223. The van der Waals surface area contributed by atoms with Crippen molar-refractivity contribution in [2.24, 2.45) is 0 Å². The highest BCUT2D eigenvalue weighted by molar-refractivity contribution is 6.00. The number of ether oxygens (including phenoxy) is 2. The molecule has 0 saturated carbocycles. The number of nitro benzene ring substituents is 1. The zero-order valence-corrected chi connectivity index (χ0v) is 31.0. The van der Waals surface area contributed by atoms with Gasteiger partial charge in [0.2, 0.25) is 0 Å². The number of fused-ring (bicyclic) bond motifs is 2. The highest BCUT2D eigenvalue weighted by Gasteiger charge is 2.19. The van der Waals surface area contributed by atoms with E-state index in [9.17, 15) is 19.7 Å². The molecular weight excluding hydrogens is 684 g/mol. The minimum Gasteiger partial charge on any atom is -0.444 e. The van der Waals surface area contributed by atoms with Crippen LogP contribution in [-0.2, 0) is 9.47 Å². The molecule has 0 unspecified atom stereocenters. The average Bonchev–Trinajstić information content (AvgIpc) is 3.09. The zero-order valence-electron chi connectivity index (χ0n) is 31.0. The first-order chi connectivity index (χ1) is 25.5. The van der Waals surface area contributed by atoms with Crippen LogP contribution in [-0.4, -0.2) is 28.3 Å². The first kappa shape index (κ1) is 38.4. The summed E-state index contributed by atoms with van der Waals surface area (Å²) in [5, 5.41) is 26.9. The Morgan fingerprint density at radius 3 is 1.41 bits per heavy atom. The van der Waals surface area contributed by atoms with E-state index in [0.29, 0.717) is 33.8 Å². The van der Waals surface area contributed by atoms with Crippen LogP contribution in [0.5, 0.6) is 0 Å². The summed E-state index contributed by atoms with van der Waals surface area (Å²) in [5.41, 5.74) is 9.91. The van der Waals surface area contributed by atoms with Crippen molar-refractivity contribution >= 4 is 79.2 Å². The zero-order chi connectivity index (χ0) is 39.0. The third-order valence-electron chi connectivity index (χ3n) is 7.67. The molecule has 0 radical (unpaired) electrons. The van der Waals surface area contributed by atoms with E-state index in [-0.39, 0.29) is 10.6 Å². The second-order valence-electron chi connectivity index (χ2n) is 14.3. The third kappa shape index (κ3) is 10.6. The van der Waals surface area contributed by atoms with Crippen LogP contribution >= 0.6 is 0 Å². The SMILES string of the molecule is CC(C)(C)OC(=O)Nc1ccc(Nc2ccc3ccccc3c2N)cc1.CC(C)(C)OC(=O)Nc1ccc(Nc2ccc3ccccc3c2[N+](=O)[O-])cc1. The number of carbonyl (C=O) groups excluding carboxylic acids is 2. The molecule has 0 heterocycles. The number of carbonyl (C=O) groups is 2. The third-order valence-corrected chi connectivity index (χ3v) is 7.67. The molecule has 0 saturated heterocycles. The lowest BCUT2D eigenvalue weighted by atomic mass is 10.1. The second kappa shape index (κ2) is 16.2. The molecule has 0 atom stereocenters. The van der Waals surface area contributed by atoms with Crippen molar-refractivity contribution in [2.75, 3.05) is 27.0 Å². The minimum atomic E-state index is -0.583. The van der Waals surface area contributed by atoms with Crippen molar-refractivity contribution in [3.05, 3.63) is 131 Å². The molecule has 12 nitrogen and oxygen atoms in total. The molecule has 54 heavy (non-hydrogen) atoms. The van der Waals surface area contributed by atoms with Gasteiger partial charge in [-0.15, -0.1) is 0 Å². The average molecular weight is 729 g/mol. The van der Waals surface area contributed by atoms with Crippen LogP contribution in [0.3, 0.4) is 0 Å². The summed E-state index contributed by atoms with van der Waals surface area (Å²) in [5.74, 6) is 0. The van der Waals surface area contributed by atoms with Crippen LogP contribution < -0.4 is 27.0 Å². The number of anilines is 7. The molecule has 0 spiro atoms. The monoisotopic (exact) mass is 728 g/mol. The second-order valence-corrected chi connectivity index (χ2v) is 14.3. The summed E-state index contributed by atoms with van der Waals surface area (Å²) >= 11 is 0. The van der Waals surface area contributed by atoms with E-state index in [1.54, 1.807) is 63.2 Å². The van der Waals surface area contributed by atoms with Gasteiger partial charge in [-0.25, -0.2) is 9.59 Å². The van der Waals surface area contributed by atoms with E-state index < -0.39 is 23.4 Å². The van der Waals surface area contributed by atoms with Gasteiger partial charge in [0, 0.05) is 28.1 Å². The molecule has 0 aromatic heterocycles. The largest absolute Gasteiger partial charge is 0.444 e. The number of nitrogens with two attached hydrogens (primary N) is 1. The highest BCUT2D eigenvalue weighted by atomic mass is 16.6. The van der Waals surface area contributed by atoms with Crippen molar-refractivity contribution in [2.45, 2.75) is 52.7 Å². The highest BCUT2D eigenvalue weighted by Crippen LogP contribution is 2.35. The smallest absolute Gasteiger partial charge is 0.412 e. The number of nitrogens with zero attached hydrogens (tertiary/aromatic N) is 1. The van der Waals surface area contributed by atoms with Gasteiger partial charge in [0.25, 0.3) is 5.69 Å². The van der Waals surface area contributed by atoms with Gasteiger partial charge >= 0.3 is 12.2 Å². The van der Waals surface area contributed by atoms with Gasteiger partial charge in [-0.2, -0.15) is 0 Å².